The molecule has 3 atom stereocenters. The van der Waals surface area contributed by atoms with Crippen LogP contribution < -0.4 is 28.4 Å². The minimum Gasteiger partial charge on any atom is -0.485 e. The Labute approximate surface area is 236 Å². The Kier molecular flexibility index (Phi) is 9.04. The minimum atomic E-state index is -0.778. The maximum absolute atomic E-state index is 13.8. The molecule has 0 N–H and O–H groups in total. The molecule has 218 valence electrons. The number of aromatic nitrogens is 1. The van der Waals surface area contributed by atoms with Crippen LogP contribution in [0.2, 0.25) is 0 Å². The van der Waals surface area contributed by atoms with Crippen molar-refractivity contribution in [1.82, 2.24) is 4.98 Å². The molecule has 0 spiro atoms. The van der Waals surface area contributed by atoms with Gasteiger partial charge >= 0.3 is 0 Å². The molecule has 5 rings (SSSR count). The Hall–Kier alpha value is -4.10. The quantitative estimate of drug-likeness (QED) is 0.159. The zero-order valence-electron chi connectivity index (χ0n) is 23.1. The largest absolute Gasteiger partial charge is 0.485 e. The summed E-state index contributed by atoms with van der Waals surface area (Å²) >= 11 is 0. The van der Waals surface area contributed by atoms with Crippen LogP contribution in [0.4, 0.5) is 0 Å². The molecular weight excluding hydrogens is 538 g/mol. The molecule has 1 fully saturated rings. The van der Waals surface area contributed by atoms with Crippen molar-refractivity contribution in [2.24, 2.45) is 0 Å². The number of pyridine rings is 1. The summed E-state index contributed by atoms with van der Waals surface area (Å²) in [6.45, 7) is 0.133. The molecule has 1 aromatic heterocycles. The van der Waals surface area contributed by atoms with Gasteiger partial charge < -0.3 is 47.4 Å². The van der Waals surface area contributed by atoms with Crippen LogP contribution in [0.1, 0.15) is 33.7 Å². The van der Waals surface area contributed by atoms with Crippen molar-refractivity contribution >= 4 is 5.78 Å². The Morgan fingerprint density at radius 1 is 0.854 bits per heavy atom. The van der Waals surface area contributed by atoms with Gasteiger partial charge in [0.05, 0.1) is 7.11 Å². The fraction of sp³-hybridized carbons (Fsp3) is 0.379. The summed E-state index contributed by atoms with van der Waals surface area (Å²) in [7, 11) is 6.02. The molecule has 3 unspecified atom stereocenters. The van der Waals surface area contributed by atoms with Crippen LogP contribution in [-0.2, 0) is 18.9 Å². The van der Waals surface area contributed by atoms with Gasteiger partial charge in [-0.3, -0.25) is 4.79 Å². The first-order chi connectivity index (χ1) is 20.1. The van der Waals surface area contributed by atoms with Crippen LogP contribution >= 0.6 is 0 Å². The highest BCUT2D eigenvalue weighted by molar-refractivity contribution is 6.06. The number of ketones is 1. The fourth-order valence-electron chi connectivity index (χ4n) is 4.33. The number of rotatable bonds is 14. The molecule has 12 nitrogen and oxygen atoms in total. The van der Waals surface area contributed by atoms with E-state index in [1.54, 1.807) is 37.6 Å². The van der Waals surface area contributed by atoms with Gasteiger partial charge in [0.25, 0.3) is 0 Å². The lowest BCUT2D eigenvalue weighted by molar-refractivity contribution is 0.0397. The Bertz CT molecular complexity index is 1320. The highest BCUT2D eigenvalue weighted by Crippen LogP contribution is 2.47. The molecular formula is C29H31NO11. The number of fused-ring (bicyclic) bond motifs is 1. The number of carbonyl (C=O) groups excluding carboxylic acids is 1. The lowest BCUT2D eigenvalue weighted by Gasteiger charge is -2.27. The van der Waals surface area contributed by atoms with Crippen LogP contribution in [0.5, 0.6) is 34.6 Å². The van der Waals surface area contributed by atoms with Crippen molar-refractivity contribution in [2.75, 3.05) is 55.4 Å². The first-order valence-corrected chi connectivity index (χ1v) is 12.7. The summed E-state index contributed by atoms with van der Waals surface area (Å²) < 4.78 is 55.3. The van der Waals surface area contributed by atoms with Gasteiger partial charge in [-0.15, -0.1) is 0 Å². The van der Waals surface area contributed by atoms with E-state index in [9.17, 15) is 4.79 Å². The van der Waals surface area contributed by atoms with E-state index in [0.29, 0.717) is 29.7 Å². The number of hydrogen-bond donors (Lipinski definition) is 0. The summed E-state index contributed by atoms with van der Waals surface area (Å²) in [6.07, 6.45) is 0.0565. The van der Waals surface area contributed by atoms with E-state index in [1.165, 1.54) is 21.3 Å². The van der Waals surface area contributed by atoms with Gasteiger partial charge in [-0.1, -0.05) is 6.07 Å². The highest BCUT2D eigenvalue weighted by Gasteiger charge is 2.48. The van der Waals surface area contributed by atoms with Crippen molar-refractivity contribution in [3.8, 4) is 34.6 Å². The Morgan fingerprint density at radius 2 is 1.54 bits per heavy atom. The molecule has 12 heteroatoms. The molecule has 3 aromatic rings. The number of ether oxygens (including phenoxy) is 10. The zero-order chi connectivity index (χ0) is 28.8. The number of carbonyl (C=O) groups is 1. The van der Waals surface area contributed by atoms with Crippen LogP contribution in [-0.4, -0.2) is 72.3 Å². The SMILES string of the molecule is COCOc1cc(OCOC)c(C(=O)C2OC2c2ccc3c(c2)OC(c2ccc(OC)nc2)CO3)c(OCOC)c1. The van der Waals surface area contributed by atoms with Crippen molar-refractivity contribution < 1.29 is 52.2 Å². The van der Waals surface area contributed by atoms with Gasteiger partial charge in [0.15, 0.2) is 44.1 Å². The van der Waals surface area contributed by atoms with Crippen molar-refractivity contribution in [3.63, 3.8) is 0 Å². The predicted octanol–water partition coefficient (Wildman–Crippen LogP) is 3.87. The number of epoxide rings is 1. The smallest absolute Gasteiger partial charge is 0.212 e. The predicted molar refractivity (Wildman–Crippen MR) is 142 cm³/mol. The van der Waals surface area contributed by atoms with Gasteiger partial charge in [0.2, 0.25) is 11.7 Å². The second-order valence-electron chi connectivity index (χ2n) is 9.05. The van der Waals surface area contributed by atoms with Crippen molar-refractivity contribution in [1.29, 1.82) is 0 Å². The average molecular weight is 570 g/mol. The zero-order valence-corrected chi connectivity index (χ0v) is 23.1. The summed E-state index contributed by atoms with van der Waals surface area (Å²) in [5.74, 6) is 2.13. The van der Waals surface area contributed by atoms with Gasteiger partial charge in [0, 0.05) is 51.3 Å². The lowest BCUT2D eigenvalue weighted by Crippen LogP contribution is -2.21. The number of Topliss-reactive ketones (excluding diaryl/α,β-unsaturated/α-hetero) is 1. The summed E-state index contributed by atoms with van der Waals surface area (Å²) in [5.41, 5.74) is 1.79. The molecule has 1 saturated heterocycles. The Balaban J connectivity index is 1.36. The van der Waals surface area contributed by atoms with Crippen LogP contribution in [0.15, 0.2) is 48.7 Å². The molecule has 0 aliphatic carbocycles. The van der Waals surface area contributed by atoms with E-state index < -0.39 is 12.2 Å². The number of nitrogens with zero attached hydrogens (tertiary/aromatic N) is 1. The van der Waals surface area contributed by atoms with Crippen LogP contribution in [0, 0.1) is 0 Å². The molecule has 0 radical (unpaired) electrons. The van der Waals surface area contributed by atoms with Crippen LogP contribution in [0.25, 0.3) is 0 Å². The van der Waals surface area contributed by atoms with E-state index in [4.69, 9.17) is 47.4 Å². The summed E-state index contributed by atoms with van der Waals surface area (Å²) in [5, 5.41) is 0. The first kappa shape index (κ1) is 28.4. The third-order valence-corrected chi connectivity index (χ3v) is 6.34. The monoisotopic (exact) mass is 569 g/mol. The van der Waals surface area contributed by atoms with Crippen LogP contribution in [0.3, 0.4) is 0 Å². The van der Waals surface area contributed by atoms with Gasteiger partial charge in [0.1, 0.15) is 35.5 Å². The van der Waals surface area contributed by atoms with Gasteiger partial charge in [-0.05, 0) is 23.8 Å². The third kappa shape index (κ3) is 6.46. The molecule has 2 aliphatic rings. The number of benzene rings is 2. The average Bonchev–Trinajstić information content (AvgIpc) is 3.82. The second kappa shape index (κ2) is 13.0. The maximum atomic E-state index is 13.8. The normalized spacial score (nSPS) is 18.9. The first-order valence-electron chi connectivity index (χ1n) is 12.7. The van der Waals surface area contributed by atoms with E-state index in [-0.39, 0.29) is 49.3 Å². The third-order valence-electron chi connectivity index (χ3n) is 6.34. The van der Waals surface area contributed by atoms with Gasteiger partial charge in [-0.2, -0.15) is 0 Å². The van der Waals surface area contributed by atoms with Crippen molar-refractivity contribution in [2.45, 2.75) is 18.3 Å². The van der Waals surface area contributed by atoms with E-state index in [2.05, 4.69) is 4.98 Å². The molecule has 0 saturated carbocycles. The standard InChI is InChI=1S/C29H31NO11/c1-32-14-37-19-10-22(38-15-33-2)26(23(11-19)39-16-34-3)27(31)29-28(41-29)17-5-7-20-21(9-17)40-24(13-36-20)18-6-8-25(35-4)30-12-18/h5-12,24,28-29H,13-16H2,1-4H3. The minimum absolute atomic E-state index is 0.00547. The topological polar surface area (TPSA) is 126 Å². The molecule has 3 heterocycles. The number of methoxy groups -OCH3 is 4. The van der Waals surface area contributed by atoms with E-state index in [0.717, 1.165) is 11.1 Å². The molecule has 0 amide bonds. The van der Waals surface area contributed by atoms with Gasteiger partial charge in [-0.25, -0.2) is 4.98 Å². The second-order valence-corrected chi connectivity index (χ2v) is 9.05. The molecule has 2 aliphatic heterocycles. The summed E-state index contributed by atoms with van der Waals surface area (Å²) in [6, 6.07) is 12.3. The van der Waals surface area contributed by atoms with E-state index in [1.807, 2.05) is 18.2 Å². The number of hydrogen-bond acceptors (Lipinski definition) is 12. The molecule has 2 aromatic carbocycles. The van der Waals surface area contributed by atoms with E-state index >= 15 is 0 Å². The summed E-state index contributed by atoms with van der Waals surface area (Å²) in [4.78, 5) is 18.0. The molecule has 0 bridgehead atoms. The molecule has 41 heavy (non-hydrogen) atoms. The maximum Gasteiger partial charge on any atom is 0.212 e. The highest BCUT2D eigenvalue weighted by atomic mass is 16.7. The lowest BCUT2D eigenvalue weighted by atomic mass is 10.0. The van der Waals surface area contributed by atoms with Crippen molar-refractivity contribution in [3.05, 3.63) is 65.4 Å². The fourth-order valence-corrected chi connectivity index (χ4v) is 4.33. The Morgan fingerprint density at radius 3 is 2.17 bits per heavy atom.